The van der Waals surface area contributed by atoms with Crippen LogP contribution >= 0.6 is 0 Å². The molecule has 2 aromatic rings. The first-order valence-electron chi connectivity index (χ1n) is 6.53. The molecule has 0 radical (unpaired) electrons. The van der Waals surface area contributed by atoms with Gasteiger partial charge in [-0.2, -0.15) is 0 Å². The van der Waals surface area contributed by atoms with Gasteiger partial charge in [-0.15, -0.1) is 0 Å². The number of carbonyl (C=O) groups is 1. The predicted octanol–water partition coefficient (Wildman–Crippen LogP) is 3.04. The Kier molecular flexibility index (Phi) is 4.23. The van der Waals surface area contributed by atoms with E-state index in [1.807, 2.05) is 30.3 Å². The van der Waals surface area contributed by atoms with Crippen molar-refractivity contribution in [3.05, 3.63) is 48.3 Å². The first kappa shape index (κ1) is 13.2. The molecule has 0 aliphatic carbocycles. The highest BCUT2D eigenvalue weighted by Gasteiger charge is 2.18. The van der Waals surface area contributed by atoms with Crippen LogP contribution < -0.4 is 10.6 Å². The molecule has 0 bridgehead atoms. The molecule has 1 heterocycles. The summed E-state index contributed by atoms with van der Waals surface area (Å²) in [6.45, 7) is 2.82. The third-order valence-electron chi connectivity index (χ3n) is 2.98. The fourth-order valence-electron chi connectivity index (χ4n) is 1.95. The number of carbonyl (C=O) groups excluding carboxylic acids is 1. The molecule has 0 atom stereocenters. The summed E-state index contributed by atoms with van der Waals surface area (Å²) in [6.07, 6.45) is 3.65. The molecule has 2 rings (SSSR count). The van der Waals surface area contributed by atoms with E-state index in [1.165, 1.54) is 0 Å². The molecule has 1 aromatic carbocycles. The molecule has 4 heteroatoms. The van der Waals surface area contributed by atoms with Crippen LogP contribution in [-0.2, 0) is 0 Å². The number of benzene rings is 1. The Bertz CT molecular complexity index is 533. The van der Waals surface area contributed by atoms with Crippen molar-refractivity contribution >= 4 is 17.3 Å². The Labute approximate surface area is 113 Å². The lowest BCUT2D eigenvalue weighted by molar-refractivity contribution is 0.0982. The number of nitrogens with one attached hydrogen (secondary N) is 1. The van der Waals surface area contributed by atoms with Crippen molar-refractivity contribution in [3.63, 3.8) is 0 Å². The summed E-state index contributed by atoms with van der Waals surface area (Å²) in [7, 11) is 0. The number of H-pyrrole nitrogens is 1. The second-order valence-electron chi connectivity index (χ2n) is 4.49. The first-order chi connectivity index (χ1) is 9.22. The molecule has 4 nitrogen and oxygen atoms in total. The average Bonchev–Trinajstić information content (AvgIpc) is 2.87. The van der Waals surface area contributed by atoms with E-state index < -0.39 is 0 Å². The minimum Gasteiger partial charge on any atom is -0.397 e. The number of nitrogens with two attached hydrogens (primary N) is 1. The van der Waals surface area contributed by atoms with Gasteiger partial charge < -0.3 is 15.6 Å². The predicted molar refractivity (Wildman–Crippen MR) is 78.2 cm³/mol. The fraction of sp³-hybridized carbons (Fsp3) is 0.267. The molecule has 0 saturated carbocycles. The van der Waals surface area contributed by atoms with Crippen molar-refractivity contribution in [2.24, 2.45) is 0 Å². The van der Waals surface area contributed by atoms with E-state index in [0.29, 0.717) is 17.9 Å². The second kappa shape index (κ2) is 6.09. The summed E-state index contributed by atoms with van der Waals surface area (Å²) in [5, 5.41) is 0. The zero-order valence-electron chi connectivity index (χ0n) is 11.1. The maximum Gasteiger partial charge on any atom is 0.274 e. The molecule has 19 heavy (non-hydrogen) atoms. The lowest BCUT2D eigenvalue weighted by Crippen LogP contribution is -2.32. The maximum absolute atomic E-state index is 12.5. The van der Waals surface area contributed by atoms with Gasteiger partial charge in [-0.05, 0) is 24.6 Å². The van der Waals surface area contributed by atoms with Crippen LogP contribution in [0.5, 0.6) is 0 Å². The van der Waals surface area contributed by atoms with Crippen molar-refractivity contribution in [1.29, 1.82) is 0 Å². The Morgan fingerprint density at radius 2 is 2.05 bits per heavy atom. The van der Waals surface area contributed by atoms with E-state index in [1.54, 1.807) is 17.2 Å². The molecular formula is C15H19N3O. The molecule has 3 N–H and O–H groups in total. The van der Waals surface area contributed by atoms with Crippen molar-refractivity contribution in [2.45, 2.75) is 19.8 Å². The van der Waals surface area contributed by atoms with E-state index in [0.717, 1.165) is 18.5 Å². The van der Waals surface area contributed by atoms with E-state index in [2.05, 4.69) is 11.9 Å². The number of aromatic nitrogens is 1. The summed E-state index contributed by atoms with van der Waals surface area (Å²) in [4.78, 5) is 17.2. The zero-order valence-corrected chi connectivity index (χ0v) is 11.1. The van der Waals surface area contributed by atoms with E-state index >= 15 is 0 Å². The normalized spacial score (nSPS) is 10.4. The van der Waals surface area contributed by atoms with Crippen molar-refractivity contribution in [2.75, 3.05) is 17.2 Å². The number of para-hydroxylation sites is 1. The molecule has 1 amide bonds. The van der Waals surface area contributed by atoms with Crippen LogP contribution in [-0.4, -0.2) is 17.4 Å². The first-order valence-corrected chi connectivity index (χ1v) is 6.53. The van der Waals surface area contributed by atoms with Gasteiger partial charge in [0, 0.05) is 24.1 Å². The number of hydrogen-bond donors (Lipinski definition) is 2. The number of nitrogen functional groups attached to an aromatic ring is 1. The second-order valence-corrected chi connectivity index (χ2v) is 4.49. The maximum atomic E-state index is 12.5. The van der Waals surface area contributed by atoms with E-state index in [4.69, 9.17) is 5.73 Å². The SMILES string of the molecule is CCCCN(C(=O)c1cc(N)c[nH]1)c1ccccc1. The molecule has 0 fully saturated rings. The largest absolute Gasteiger partial charge is 0.397 e. The van der Waals surface area contributed by atoms with Crippen LogP contribution in [0.2, 0.25) is 0 Å². The van der Waals surface area contributed by atoms with Crippen molar-refractivity contribution in [3.8, 4) is 0 Å². The number of amides is 1. The van der Waals surface area contributed by atoms with Crippen LogP contribution in [0.15, 0.2) is 42.6 Å². The van der Waals surface area contributed by atoms with Crippen LogP contribution in [0, 0.1) is 0 Å². The Hall–Kier alpha value is -2.23. The number of rotatable bonds is 5. The summed E-state index contributed by atoms with van der Waals surface area (Å²) < 4.78 is 0. The minimum absolute atomic E-state index is 0.0450. The molecule has 0 spiro atoms. The summed E-state index contributed by atoms with van der Waals surface area (Å²) in [5.74, 6) is -0.0450. The Balaban J connectivity index is 2.25. The number of hydrogen-bond acceptors (Lipinski definition) is 2. The lowest BCUT2D eigenvalue weighted by atomic mass is 10.2. The van der Waals surface area contributed by atoms with E-state index in [9.17, 15) is 4.79 Å². The fourth-order valence-corrected chi connectivity index (χ4v) is 1.95. The Morgan fingerprint density at radius 3 is 2.63 bits per heavy atom. The lowest BCUT2D eigenvalue weighted by Gasteiger charge is -2.22. The molecule has 0 aliphatic rings. The van der Waals surface area contributed by atoms with Crippen LogP contribution in [0.4, 0.5) is 11.4 Å². The van der Waals surface area contributed by atoms with Gasteiger partial charge in [0.25, 0.3) is 5.91 Å². The molecule has 0 saturated heterocycles. The van der Waals surface area contributed by atoms with Gasteiger partial charge in [0.15, 0.2) is 0 Å². The van der Waals surface area contributed by atoms with Crippen LogP contribution in [0.25, 0.3) is 0 Å². The number of anilines is 2. The highest BCUT2D eigenvalue weighted by atomic mass is 16.2. The number of unbranched alkanes of at least 4 members (excludes halogenated alkanes) is 1. The van der Waals surface area contributed by atoms with Gasteiger partial charge in [0.05, 0.1) is 0 Å². The van der Waals surface area contributed by atoms with Gasteiger partial charge in [-0.25, -0.2) is 0 Å². The van der Waals surface area contributed by atoms with E-state index in [-0.39, 0.29) is 5.91 Å². The number of nitrogens with zero attached hydrogens (tertiary/aromatic N) is 1. The molecule has 0 aliphatic heterocycles. The van der Waals surface area contributed by atoms with Gasteiger partial charge >= 0.3 is 0 Å². The van der Waals surface area contributed by atoms with Gasteiger partial charge in [0.1, 0.15) is 5.69 Å². The Morgan fingerprint density at radius 1 is 1.32 bits per heavy atom. The smallest absolute Gasteiger partial charge is 0.274 e. The monoisotopic (exact) mass is 257 g/mol. The third kappa shape index (κ3) is 3.16. The van der Waals surface area contributed by atoms with Crippen LogP contribution in [0.3, 0.4) is 0 Å². The zero-order chi connectivity index (χ0) is 13.7. The molecular weight excluding hydrogens is 238 g/mol. The summed E-state index contributed by atoms with van der Waals surface area (Å²) in [6, 6.07) is 11.4. The van der Waals surface area contributed by atoms with Gasteiger partial charge in [-0.3, -0.25) is 4.79 Å². The molecule has 1 aromatic heterocycles. The standard InChI is InChI=1S/C15H19N3O/c1-2-3-9-18(13-7-5-4-6-8-13)15(19)14-10-12(16)11-17-14/h4-8,10-11,17H,2-3,9,16H2,1H3. The highest BCUT2D eigenvalue weighted by molar-refractivity contribution is 6.05. The van der Waals surface area contributed by atoms with Gasteiger partial charge in [-0.1, -0.05) is 31.5 Å². The summed E-state index contributed by atoms with van der Waals surface area (Å²) in [5.41, 5.74) is 7.67. The topological polar surface area (TPSA) is 62.1 Å². The minimum atomic E-state index is -0.0450. The third-order valence-corrected chi connectivity index (χ3v) is 2.98. The van der Waals surface area contributed by atoms with Crippen molar-refractivity contribution in [1.82, 2.24) is 4.98 Å². The number of aromatic amines is 1. The average molecular weight is 257 g/mol. The quantitative estimate of drug-likeness (QED) is 0.864. The molecule has 100 valence electrons. The van der Waals surface area contributed by atoms with Gasteiger partial charge in [0.2, 0.25) is 0 Å². The van der Waals surface area contributed by atoms with Crippen LogP contribution in [0.1, 0.15) is 30.3 Å². The summed E-state index contributed by atoms with van der Waals surface area (Å²) >= 11 is 0. The highest BCUT2D eigenvalue weighted by Crippen LogP contribution is 2.18. The van der Waals surface area contributed by atoms with Crippen molar-refractivity contribution < 1.29 is 4.79 Å². The molecule has 0 unspecified atom stereocenters.